The molecular formula is C19H13ClO5. The first kappa shape index (κ1) is 15.7. The number of halogens is 1. The average Bonchev–Trinajstić information content (AvgIpc) is 2.63. The number of hydrogen-bond acceptors (Lipinski definition) is 5. The molecule has 1 atom stereocenters. The van der Waals surface area contributed by atoms with Crippen molar-refractivity contribution in [1.82, 2.24) is 0 Å². The number of esters is 1. The summed E-state index contributed by atoms with van der Waals surface area (Å²) in [5.41, 5.74) is 1.66. The number of benzene rings is 2. The molecule has 1 aromatic heterocycles. The molecule has 0 saturated heterocycles. The third kappa shape index (κ3) is 2.57. The zero-order valence-electron chi connectivity index (χ0n) is 13.2. The van der Waals surface area contributed by atoms with Crippen LogP contribution in [0.15, 0.2) is 51.9 Å². The van der Waals surface area contributed by atoms with E-state index in [0.29, 0.717) is 22.3 Å². The van der Waals surface area contributed by atoms with Crippen LogP contribution < -0.4 is 14.9 Å². The summed E-state index contributed by atoms with van der Waals surface area (Å²) in [5.74, 6) is 0.507. The minimum Gasteiger partial charge on any atom is -0.497 e. The molecule has 1 aliphatic heterocycles. The SMILES string of the molecule is COc1ccc([C@H]2CC(=O)Oc3ccc4c(=O)c(Cl)coc4c32)cc1. The molecule has 6 heteroatoms. The summed E-state index contributed by atoms with van der Waals surface area (Å²) in [7, 11) is 1.59. The van der Waals surface area contributed by atoms with E-state index in [2.05, 4.69) is 0 Å². The van der Waals surface area contributed by atoms with Crippen LogP contribution in [0.3, 0.4) is 0 Å². The second-order valence-corrected chi connectivity index (χ2v) is 6.18. The number of methoxy groups -OCH3 is 1. The lowest BCUT2D eigenvalue weighted by Crippen LogP contribution is -2.21. The highest BCUT2D eigenvalue weighted by Crippen LogP contribution is 2.42. The van der Waals surface area contributed by atoms with Crippen molar-refractivity contribution in [1.29, 1.82) is 0 Å². The van der Waals surface area contributed by atoms with Crippen molar-refractivity contribution in [2.75, 3.05) is 7.11 Å². The molecule has 126 valence electrons. The summed E-state index contributed by atoms with van der Waals surface area (Å²) in [6.07, 6.45) is 1.37. The fourth-order valence-electron chi connectivity index (χ4n) is 3.15. The maximum absolute atomic E-state index is 12.3. The van der Waals surface area contributed by atoms with Crippen LogP contribution in [0, 0.1) is 0 Å². The minimum atomic E-state index is -0.330. The monoisotopic (exact) mass is 356 g/mol. The van der Waals surface area contributed by atoms with Crippen LogP contribution >= 0.6 is 11.6 Å². The van der Waals surface area contributed by atoms with Crippen LogP contribution in [0.5, 0.6) is 11.5 Å². The Balaban J connectivity index is 1.96. The Hall–Kier alpha value is -2.79. The molecule has 25 heavy (non-hydrogen) atoms. The van der Waals surface area contributed by atoms with E-state index >= 15 is 0 Å². The smallest absolute Gasteiger partial charge is 0.312 e. The summed E-state index contributed by atoms with van der Waals surface area (Å²) in [5, 5.41) is 0.379. The number of carbonyl (C=O) groups is 1. The van der Waals surface area contributed by atoms with Crippen molar-refractivity contribution < 1.29 is 18.7 Å². The Morgan fingerprint density at radius 3 is 2.60 bits per heavy atom. The Morgan fingerprint density at radius 1 is 1.12 bits per heavy atom. The highest BCUT2D eigenvalue weighted by molar-refractivity contribution is 6.30. The molecule has 0 bridgehead atoms. The Bertz CT molecular complexity index is 1040. The van der Waals surface area contributed by atoms with Gasteiger partial charge in [-0.1, -0.05) is 23.7 Å². The van der Waals surface area contributed by atoms with Gasteiger partial charge in [-0.3, -0.25) is 9.59 Å². The lowest BCUT2D eigenvalue weighted by atomic mass is 9.85. The topological polar surface area (TPSA) is 65.7 Å². The largest absolute Gasteiger partial charge is 0.497 e. The van der Waals surface area contributed by atoms with Crippen LogP contribution in [-0.2, 0) is 4.79 Å². The molecule has 0 unspecified atom stereocenters. The van der Waals surface area contributed by atoms with E-state index in [-0.39, 0.29) is 28.8 Å². The number of fused-ring (bicyclic) bond motifs is 3. The van der Waals surface area contributed by atoms with Gasteiger partial charge in [0.15, 0.2) is 0 Å². The minimum absolute atomic E-state index is 0.0150. The quantitative estimate of drug-likeness (QED) is 0.514. The third-order valence-corrected chi connectivity index (χ3v) is 4.62. The summed E-state index contributed by atoms with van der Waals surface area (Å²) in [6, 6.07) is 10.6. The molecule has 0 aliphatic carbocycles. The number of carbonyl (C=O) groups excluding carboxylic acids is 1. The maximum atomic E-state index is 12.3. The van der Waals surface area contributed by atoms with E-state index in [1.807, 2.05) is 24.3 Å². The van der Waals surface area contributed by atoms with Crippen LogP contribution in [-0.4, -0.2) is 13.1 Å². The van der Waals surface area contributed by atoms with Crippen molar-refractivity contribution in [2.45, 2.75) is 12.3 Å². The zero-order chi connectivity index (χ0) is 17.6. The molecule has 0 radical (unpaired) electrons. The van der Waals surface area contributed by atoms with Crippen molar-refractivity contribution in [3.8, 4) is 11.5 Å². The van der Waals surface area contributed by atoms with Crippen molar-refractivity contribution >= 4 is 28.5 Å². The van der Waals surface area contributed by atoms with Gasteiger partial charge >= 0.3 is 5.97 Å². The Morgan fingerprint density at radius 2 is 1.88 bits per heavy atom. The van der Waals surface area contributed by atoms with Gasteiger partial charge in [-0.15, -0.1) is 0 Å². The lowest BCUT2D eigenvalue weighted by molar-refractivity contribution is -0.135. The van der Waals surface area contributed by atoms with Crippen LogP contribution in [0.2, 0.25) is 5.02 Å². The summed E-state index contributed by atoms with van der Waals surface area (Å²) in [6.45, 7) is 0. The fourth-order valence-corrected chi connectivity index (χ4v) is 3.30. The first-order valence-electron chi connectivity index (χ1n) is 7.67. The molecule has 0 spiro atoms. The average molecular weight is 357 g/mol. The Kier molecular flexibility index (Phi) is 3.73. The van der Waals surface area contributed by atoms with E-state index in [9.17, 15) is 9.59 Å². The zero-order valence-corrected chi connectivity index (χ0v) is 14.0. The standard InChI is InChI=1S/C19H13ClO5/c1-23-11-4-2-10(3-5-11)13-8-16(21)25-15-7-6-12-18(22)14(20)9-24-19(12)17(13)15/h2-7,9,13H,8H2,1H3/t13-/m1/s1. The van der Waals surface area contributed by atoms with Crippen LogP contribution in [0.4, 0.5) is 0 Å². The van der Waals surface area contributed by atoms with Crippen LogP contribution in [0.25, 0.3) is 11.0 Å². The molecule has 0 fully saturated rings. The predicted molar refractivity (Wildman–Crippen MR) is 92.6 cm³/mol. The van der Waals surface area contributed by atoms with Gasteiger partial charge in [-0.2, -0.15) is 0 Å². The van der Waals surface area contributed by atoms with E-state index in [1.54, 1.807) is 19.2 Å². The van der Waals surface area contributed by atoms with Crippen molar-refractivity contribution in [3.05, 3.63) is 69.0 Å². The van der Waals surface area contributed by atoms with Crippen molar-refractivity contribution in [2.24, 2.45) is 0 Å². The molecule has 0 amide bonds. The third-order valence-electron chi connectivity index (χ3n) is 4.36. The van der Waals surface area contributed by atoms with E-state index in [0.717, 1.165) is 11.3 Å². The second-order valence-electron chi connectivity index (χ2n) is 5.77. The van der Waals surface area contributed by atoms with E-state index < -0.39 is 0 Å². The fraction of sp³-hybridized carbons (Fsp3) is 0.158. The van der Waals surface area contributed by atoms with Gasteiger partial charge in [0.25, 0.3) is 0 Å². The highest BCUT2D eigenvalue weighted by Gasteiger charge is 2.32. The molecule has 0 N–H and O–H groups in total. The number of hydrogen-bond donors (Lipinski definition) is 0. The van der Waals surface area contributed by atoms with E-state index in [4.69, 9.17) is 25.5 Å². The van der Waals surface area contributed by atoms with Gasteiger partial charge < -0.3 is 13.9 Å². The van der Waals surface area contributed by atoms with Gasteiger partial charge in [0.05, 0.1) is 18.9 Å². The van der Waals surface area contributed by atoms with E-state index in [1.165, 1.54) is 6.26 Å². The molecular weight excluding hydrogens is 344 g/mol. The normalized spacial score (nSPS) is 16.4. The maximum Gasteiger partial charge on any atom is 0.312 e. The molecule has 3 aromatic rings. The molecule has 4 rings (SSSR count). The van der Waals surface area contributed by atoms with Crippen LogP contribution in [0.1, 0.15) is 23.5 Å². The Labute approximate surface area is 147 Å². The molecule has 2 heterocycles. The molecule has 2 aromatic carbocycles. The van der Waals surface area contributed by atoms with Gasteiger partial charge in [-0.05, 0) is 29.8 Å². The lowest BCUT2D eigenvalue weighted by Gasteiger charge is -2.25. The van der Waals surface area contributed by atoms with Crippen molar-refractivity contribution in [3.63, 3.8) is 0 Å². The number of rotatable bonds is 2. The first-order valence-corrected chi connectivity index (χ1v) is 8.05. The van der Waals surface area contributed by atoms with Gasteiger partial charge in [0.2, 0.25) is 5.43 Å². The highest BCUT2D eigenvalue weighted by atomic mass is 35.5. The summed E-state index contributed by atoms with van der Waals surface area (Å²) >= 11 is 5.88. The summed E-state index contributed by atoms with van der Waals surface area (Å²) in [4.78, 5) is 24.3. The molecule has 0 saturated carbocycles. The molecule has 1 aliphatic rings. The molecule has 5 nitrogen and oxygen atoms in total. The van der Waals surface area contributed by atoms with Gasteiger partial charge in [0.1, 0.15) is 28.4 Å². The first-order chi connectivity index (χ1) is 12.1. The predicted octanol–water partition coefficient (Wildman–Crippen LogP) is 3.90. The van der Waals surface area contributed by atoms with Gasteiger partial charge in [0, 0.05) is 11.5 Å². The second kappa shape index (κ2) is 5.93. The summed E-state index contributed by atoms with van der Waals surface area (Å²) < 4.78 is 16.1. The van der Waals surface area contributed by atoms with Gasteiger partial charge in [-0.25, -0.2) is 0 Å². The number of ether oxygens (including phenoxy) is 2.